The molecule has 0 radical (unpaired) electrons. The molecule has 0 bridgehead atoms. The van der Waals surface area contributed by atoms with E-state index in [-0.39, 0.29) is 19.1 Å². The van der Waals surface area contributed by atoms with E-state index in [1.54, 1.807) is 0 Å². The Morgan fingerprint density at radius 1 is 1.67 bits per heavy atom. The first-order valence-electron chi connectivity index (χ1n) is 3.93. The zero-order chi connectivity index (χ0) is 9.78. The van der Waals surface area contributed by atoms with Crippen LogP contribution in [0.3, 0.4) is 0 Å². The van der Waals surface area contributed by atoms with Crippen LogP contribution in [0.25, 0.3) is 0 Å². The van der Waals surface area contributed by atoms with Crippen LogP contribution < -0.4 is 5.73 Å². The van der Waals surface area contributed by atoms with Gasteiger partial charge in [-0.05, 0) is 5.92 Å². The van der Waals surface area contributed by atoms with Crippen LogP contribution in [0.4, 0.5) is 0 Å². The average Bonchev–Trinajstić information content (AvgIpc) is 1.98. The van der Waals surface area contributed by atoms with E-state index in [4.69, 9.17) is 15.6 Å². The summed E-state index contributed by atoms with van der Waals surface area (Å²) in [5.41, 5.74) is 4.50. The highest BCUT2D eigenvalue weighted by Crippen LogP contribution is 2.26. The number of ether oxygens (including phenoxy) is 1. The lowest BCUT2D eigenvalue weighted by molar-refractivity contribution is -0.155. The second-order valence-corrected chi connectivity index (χ2v) is 3.25. The molecule has 0 saturated heterocycles. The minimum absolute atomic E-state index is 0.0278. The summed E-state index contributed by atoms with van der Waals surface area (Å²) in [5.74, 6) is -0.915. The Morgan fingerprint density at radius 2 is 2.17 bits per heavy atom. The lowest BCUT2D eigenvalue weighted by Gasteiger charge is -2.30. The molecule has 3 N–H and O–H groups in total. The summed E-state index contributed by atoms with van der Waals surface area (Å²) in [6.45, 7) is 3.93. The molecule has 12 heavy (non-hydrogen) atoms. The molecule has 1 unspecified atom stereocenters. The van der Waals surface area contributed by atoms with Crippen molar-refractivity contribution in [3.63, 3.8) is 0 Å². The Morgan fingerprint density at radius 3 is 2.25 bits per heavy atom. The van der Waals surface area contributed by atoms with Gasteiger partial charge in [0.2, 0.25) is 0 Å². The number of carboxylic acids is 1. The molecule has 0 rings (SSSR count). The van der Waals surface area contributed by atoms with Gasteiger partial charge >= 0.3 is 5.97 Å². The molecule has 72 valence electrons. The molecule has 0 aliphatic rings. The standard InChI is InChI=1S/C8H17NO3/c1-6(2)8(4-9,5-12-3)7(10)11/h6H,4-5,9H2,1-3H3,(H,10,11). The Balaban J connectivity index is 4.63. The molecule has 0 heterocycles. The normalized spacial score (nSPS) is 16.1. The van der Waals surface area contributed by atoms with Crippen LogP contribution in [-0.4, -0.2) is 31.3 Å². The highest BCUT2D eigenvalue weighted by Gasteiger charge is 2.40. The molecule has 0 aliphatic carbocycles. The molecule has 0 aromatic heterocycles. The van der Waals surface area contributed by atoms with Gasteiger partial charge in [-0.25, -0.2) is 0 Å². The van der Waals surface area contributed by atoms with E-state index in [2.05, 4.69) is 0 Å². The molecule has 0 aromatic rings. The summed E-state index contributed by atoms with van der Waals surface area (Å²) < 4.78 is 4.86. The fourth-order valence-corrected chi connectivity index (χ4v) is 1.11. The van der Waals surface area contributed by atoms with Gasteiger partial charge in [-0.1, -0.05) is 13.8 Å². The van der Waals surface area contributed by atoms with Crippen molar-refractivity contribution in [3.05, 3.63) is 0 Å². The van der Waals surface area contributed by atoms with E-state index < -0.39 is 11.4 Å². The molecule has 0 aliphatic heterocycles. The summed E-state index contributed by atoms with van der Waals surface area (Å²) >= 11 is 0. The molecule has 4 nitrogen and oxygen atoms in total. The van der Waals surface area contributed by atoms with Crippen molar-refractivity contribution in [3.8, 4) is 0 Å². The summed E-state index contributed by atoms with van der Waals surface area (Å²) in [5, 5.41) is 8.97. The molecule has 1 atom stereocenters. The minimum Gasteiger partial charge on any atom is -0.481 e. The first-order chi connectivity index (χ1) is 5.51. The third-order valence-electron chi connectivity index (χ3n) is 2.30. The average molecular weight is 175 g/mol. The van der Waals surface area contributed by atoms with Crippen LogP contribution in [0.5, 0.6) is 0 Å². The SMILES string of the molecule is COCC(CN)(C(=O)O)C(C)C. The number of hydrogen-bond acceptors (Lipinski definition) is 3. The van der Waals surface area contributed by atoms with Gasteiger partial charge in [0.25, 0.3) is 0 Å². The van der Waals surface area contributed by atoms with E-state index >= 15 is 0 Å². The van der Waals surface area contributed by atoms with Gasteiger partial charge in [-0.2, -0.15) is 0 Å². The van der Waals surface area contributed by atoms with Crippen LogP contribution >= 0.6 is 0 Å². The first-order valence-corrected chi connectivity index (χ1v) is 3.93. The first kappa shape index (κ1) is 11.4. The number of nitrogens with two attached hydrogens (primary N) is 1. The smallest absolute Gasteiger partial charge is 0.313 e. The van der Waals surface area contributed by atoms with Crippen molar-refractivity contribution in [2.75, 3.05) is 20.3 Å². The summed E-state index contributed by atoms with van der Waals surface area (Å²) in [6, 6.07) is 0. The number of rotatable bonds is 5. The van der Waals surface area contributed by atoms with Gasteiger partial charge in [0.1, 0.15) is 5.41 Å². The number of methoxy groups -OCH3 is 1. The van der Waals surface area contributed by atoms with Crippen molar-refractivity contribution >= 4 is 5.97 Å². The molecule has 0 amide bonds. The Kier molecular flexibility index (Phi) is 4.20. The maximum Gasteiger partial charge on any atom is 0.313 e. The minimum atomic E-state index is -0.936. The van der Waals surface area contributed by atoms with Crippen LogP contribution in [0, 0.1) is 11.3 Å². The third-order valence-corrected chi connectivity index (χ3v) is 2.30. The van der Waals surface area contributed by atoms with Gasteiger partial charge < -0.3 is 15.6 Å². The summed E-state index contributed by atoms with van der Waals surface area (Å²) in [4.78, 5) is 10.9. The van der Waals surface area contributed by atoms with Crippen molar-refractivity contribution < 1.29 is 14.6 Å². The third kappa shape index (κ3) is 1.95. The summed E-state index contributed by atoms with van der Waals surface area (Å²) in [7, 11) is 1.48. The van der Waals surface area contributed by atoms with Gasteiger partial charge in [0.05, 0.1) is 6.61 Å². The van der Waals surface area contributed by atoms with E-state index in [1.165, 1.54) is 7.11 Å². The van der Waals surface area contributed by atoms with Crippen LogP contribution in [0.1, 0.15) is 13.8 Å². The van der Waals surface area contributed by atoms with Crippen LogP contribution in [-0.2, 0) is 9.53 Å². The number of carbonyl (C=O) groups is 1. The highest BCUT2D eigenvalue weighted by atomic mass is 16.5. The van der Waals surface area contributed by atoms with Gasteiger partial charge in [-0.15, -0.1) is 0 Å². The second kappa shape index (κ2) is 4.42. The van der Waals surface area contributed by atoms with Gasteiger partial charge in [0, 0.05) is 13.7 Å². The van der Waals surface area contributed by atoms with Crippen molar-refractivity contribution in [1.29, 1.82) is 0 Å². The number of carboxylic acid groups (broad SMARTS) is 1. The van der Waals surface area contributed by atoms with Crippen LogP contribution in [0.2, 0.25) is 0 Å². The Bertz CT molecular complexity index is 158. The quantitative estimate of drug-likeness (QED) is 0.631. The predicted octanol–water partition coefficient (Wildman–Crippen LogP) is 0.319. The predicted molar refractivity (Wildman–Crippen MR) is 45.8 cm³/mol. The monoisotopic (exact) mass is 175 g/mol. The molecule has 0 saturated carbocycles. The number of hydrogen-bond donors (Lipinski definition) is 2. The van der Waals surface area contributed by atoms with Crippen molar-refractivity contribution in [1.82, 2.24) is 0 Å². The highest BCUT2D eigenvalue weighted by molar-refractivity contribution is 5.75. The molecular weight excluding hydrogens is 158 g/mol. The van der Waals surface area contributed by atoms with Crippen molar-refractivity contribution in [2.45, 2.75) is 13.8 Å². The fraction of sp³-hybridized carbons (Fsp3) is 0.875. The lowest BCUT2D eigenvalue weighted by Crippen LogP contribution is -2.46. The van der Waals surface area contributed by atoms with E-state index in [0.717, 1.165) is 0 Å². The van der Waals surface area contributed by atoms with Gasteiger partial charge in [0.15, 0.2) is 0 Å². The molecule has 0 aromatic carbocycles. The van der Waals surface area contributed by atoms with E-state index in [1.807, 2.05) is 13.8 Å². The Labute approximate surface area is 72.7 Å². The fourth-order valence-electron chi connectivity index (χ4n) is 1.11. The summed E-state index contributed by atoms with van der Waals surface area (Å²) in [6.07, 6.45) is 0. The van der Waals surface area contributed by atoms with Gasteiger partial charge in [-0.3, -0.25) is 4.79 Å². The molecule has 4 heteroatoms. The maximum absolute atomic E-state index is 10.9. The molecule has 0 spiro atoms. The van der Waals surface area contributed by atoms with E-state index in [9.17, 15) is 4.79 Å². The topological polar surface area (TPSA) is 72.5 Å². The molecular formula is C8H17NO3. The maximum atomic E-state index is 10.9. The zero-order valence-corrected chi connectivity index (χ0v) is 7.83. The second-order valence-electron chi connectivity index (χ2n) is 3.25. The zero-order valence-electron chi connectivity index (χ0n) is 7.83. The van der Waals surface area contributed by atoms with Crippen LogP contribution in [0.15, 0.2) is 0 Å². The van der Waals surface area contributed by atoms with E-state index in [0.29, 0.717) is 0 Å². The number of aliphatic carboxylic acids is 1. The largest absolute Gasteiger partial charge is 0.481 e. The van der Waals surface area contributed by atoms with Crippen molar-refractivity contribution in [2.24, 2.45) is 17.1 Å². The molecule has 0 fully saturated rings. The Hall–Kier alpha value is -0.610. The lowest BCUT2D eigenvalue weighted by atomic mass is 9.78.